The van der Waals surface area contributed by atoms with Gasteiger partial charge in [-0.05, 0) is 22.9 Å². The van der Waals surface area contributed by atoms with Crippen LogP contribution in [-0.2, 0) is 6.54 Å². The van der Waals surface area contributed by atoms with E-state index >= 15 is 0 Å². The maximum atomic E-state index is 5.79. The van der Waals surface area contributed by atoms with E-state index in [9.17, 15) is 0 Å². The Balaban J connectivity index is 1.82. The lowest BCUT2D eigenvalue weighted by atomic mass is 10.0. The largest absolute Gasteiger partial charge is 0.496 e. The second kappa shape index (κ2) is 8.72. The van der Waals surface area contributed by atoms with Crippen molar-refractivity contribution in [3.63, 3.8) is 0 Å². The van der Waals surface area contributed by atoms with Crippen molar-refractivity contribution in [3.8, 4) is 11.5 Å². The molecule has 0 spiro atoms. The monoisotopic (exact) mass is 346 g/mol. The highest BCUT2D eigenvalue weighted by molar-refractivity contribution is 6.02. The molecule has 0 bridgehead atoms. The molecule has 0 aliphatic carbocycles. The Hall–Kier alpha value is -3.27. The number of fused-ring (bicyclic) bond motifs is 1. The molecule has 0 heterocycles. The van der Waals surface area contributed by atoms with Gasteiger partial charge in [-0.1, -0.05) is 61.2 Å². The number of benzene rings is 3. The van der Waals surface area contributed by atoms with Gasteiger partial charge in [0, 0.05) is 11.1 Å². The summed E-state index contributed by atoms with van der Waals surface area (Å²) >= 11 is 0. The smallest absolute Gasteiger partial charge is 0.129 e. The molecule has 0 atom stereocenters. The van der Waals surface area contributed by atoms with Crippen LogP contribution in [0.1, 0.15) is 11.1 Å². The van der Waals surface area contributed by atoms with Gasteiger partial charge in [0.1, 0.15) is 18.1 Å². The summed E-state index contributed by atoms with van der Waals surface area (Å²) in [6, 6.07) is 20.1. The van der Waals surface area contributed by atoms with E-state index in [0.717, 1.165) is 33.4 Å². The molecule has 0 saturated carbocycles. The first-order valence-corrected chi connectivity index (χ1v) is 8.46. The predicted octanol–water partition coefficient (Wildman–Crippen LogP) is 4.54. The third kappa shape index (κ3) is 4.03. The second-order valence-corrected chi connectivity index (χ2v) is 5.70. The fourth-order valence-electron chi connectivity index (χ4n) is 2.77. The summed E-state index contributed by atoms with van der Waals surface area (Å²) in [5.41, 5.74) is 5.08. The van der Waals surface area contributed by atoms with E-state index in [1.54, 1.807) is 19.4 Å². The number of rotatable bonds is 8. The van der Waals surface area contributed by atoms with Gasteiger partial charge in [0.05, 0.1) is 19.9 Å². The lowest BCUT2D eigenvalue weighted by Gasteiger charge is -2.11. The number of hydrazone groups is 1. The third-order valence-electron chi connectivity index (χ3n) is 4.03. The molecule has 0 fully saturated rings. The molecule has 132 valence electrons. The van der Waals surface area contributed by atoms with Crippen LogP contribution in [0, 0.1) is 0 Å². The van der Waals surface area contributed by atoms with E-state index < -0.39 is 0 Å². The molecule has 0 aliphatic rings. The van der Waals surface area contributed by atoms with Crippen molar-refractivity contribution in [3.05, 3.63) is 84.4 Å². The van der Waals surface area contributed by atoms with Crippen molar-refractivity contribution in [2.24, 2.45) is 5.10 Å². The van der Waals surface area contributed by atoms with Gasteiger partial charge in [-0.15, -0.1) is 0 Å². The van der Waals surface area contributed by atoms with E-state index in [0.29, 0.717) is 13.2 Å². The van der Waals surface area contributed by atoms with Gasteiger partial charge in [-0.2, -0.15) is 5.10 Å². The Kier molecular flexibility index (Phi) is 5.88. The number of nitrogens with zero attached hydrogens (tertiary/aromatic N) is 1. The predicted molar refractivity (Wildman–Crippen MR) is 107 cm³/mol. The van der Waals surface area contributed by atoms with Crippen molar-refractivity contribution in [2.45, 2.75) is 6.54 Å². The number of nitrogens with one attached hydrogen (secondary N) is 1. The van der Waals surface area contributed by atoms with E-state index in [1.165, 1.54) is 0 Å². The SMILES string of the molecule is C=CCOc1ccc2ccccc2c1/C=N/NCc1ccccc1OC. The lowest BCUT2D eigenvalue weighted by molar-refractivity contribution is 0.363. The summed E-state index contributed by atoms with van der Waals surface area (Å²) in [6.45, 7) is 4.74. The Morgan fingerprint density at radius 2 is 1.81 bits per heavy atom. The van der Waals surface area contributed by atoms with Gasteiger partial charge in [0.25, 0.3) is 0 Å². The molecule has 1 N–H and O–H groups in total. The summed E-state index contributed by atoms with van der Waals surface area (Å²) in [4.78, 5) is 0. The lowest BCUT2D eigenvalue weighted by Crippen LogP contribution is -2.07. The van der Waals surface area contributed by atoms with Crippen molar-refractivity contribution >= 4 is 17.0 Å². The van der Waals surface area contributed by atoms with Gasteiger partial charge in [0.15, 0.2) is 0 Å². The van der Waals surface area contributed by atoms with Crippen LogP contribution in [0.15, 0.2) is 78.4 Å². The molecular formula is C22H22N2O2. The van der Waals surface area contributed by atoms with Crippen molar-refractivity contribution in [1.29, 1.82) is 0 Å². The minimum atomic E-state index is 0.452. The zero-order chi connectivity index (χ0) is 18.2. The molecule has 0 aliphatic heterocycles. The van der Waals surface area contributed by atoms with Crippen LogP contribution in [0.3, 0.4) is 0 Å². The zero-order valence-electron chi connectivity index (χ0n) is 14.8. The van der Waals surface area contributed by atoms with Crippen LogP contribution >= 0.6 is 0 Å². The normalized spacial score (nSPS) is 10.8. The Bertz CT molecular complexity index is 919. The molecule has 3 rings (SSSR count). The maximum Gasteiger partial charge on any atom is 0.129 e. The highest BCUT2D eigenvalue weighted by atomic mass is 16.5. The quantitative estimate of drug-likeness (QED) is 0.370. The van der Waals surface area contributed by atoms with Crippen molar-refractivity contribution in [2.75, 3.05) is 13.7 Å². The highest BCUT2D eigenvalue weighted by Gasteiger charge is 2.07. The van der Waals surface area contributed by atoms with Gasteiger partial charge in [-0.3, -0.25) is 0 Å². The van der Waals surface area contributed by atoms with Crippen molar-refractivity contribution < 1.29 is 9.47 Å². The van der Waals surface area contributed by atoms with Crippen LogP contribution < -0.4 is 14.9 Å². The topological polar surface area (TPSA) is 42.8 Å². The van der Waals surface area contributed by atoms with Gasteiger partial charge in [-0.25, -0.2) is 0 Å². The molecule has 26 heavy (non-hydrogen) atoms. The molecule has 0 amide bonds. The van der Waals surface area contributed by atoms with E-state index in [1.807, 2.05) is 48.5 Å². The first-order valence-electron chi connectivity index (χ1n) is 8.46. The van der Waals surface area contributed by atoms with Crippen molar-refractivity contribution in [1.82, 2.24) is 5.43 Å². The molecule has 0 unspecified atom stereocenters. The van der Waals surface area contributed by atoms with Crippen LogP contribution in [-0.4, -0.2) is 19.9 Å². The minimum absolute atomic E-state index is 0.452. The Morgan fingerprint density at radius 1 is 1.00 bits per heavy atom. The molecule has 4 nitrogen and oxygen atoms in total. The zero-order valence-corrected chi connectivity index (χ0v) is 14.8. The van der Waals surface area contributed by atoms with Gasteiger partial charge < -0.3 is 14.9 Å². The fraction of sp³-hybridized carbons (Fsp3) is 0.136. The Morgan fingerprint density at radius 3 is 2.65 bits per heavy atom. The highest BCUT2D eigenvalue weighted by Crippen LogP contribution is 2.26. The first-order chi connectivity index (χ1) is 12.8. The van der Waals surface area contributed by atoms with E-state index in [2.05, 4.69) is 29.2 Å². The molecule has 0 saturated heterocycles. The molecular weight excluding hydrogens is 324 g/mol. The summed E-state index contributed by atoms with van der Waals surface area (Å²) in [6.07, 6.45) is 3.53. The molecule has 0 radical (unpaired) electrons. The first kappa shape index (κ1) is 17.5. The molecule has 3 aromatic carbocycles. The number of hydrogen-bond donors (Lipinski definition) is 1. The standard InChI is InChI=1S/C22H22N2O2/c1-3-14-26-22-13-12-17-8-4-6-10-19(17)20(22)16-24-23-15-18-9-5-7-11-21(18)25-2/h3-13,16,23H,1,14-15H2,2H3/b24-16+. The number of methoxy groups -OCH3 is 1. The Labute approximate surface area is 153 Å². The summed E-state index contributed by atoms with van der Waals surface area (Å²) < 4.78 is 11.1. The molecule has 3 aromatic rings. The van der Waals surface area contributed by atoms with Gasteiger partial charge in [0.2, 0.25) is 0 Å². The van der Waals surface area contributed by atoms with Crippen LogP contribution in [0.25, 0.3) is 10.8 Å². The van der Waals surface area contributed by atoms with Gasteiger partial charge >= 0.3 is 0 Å². The van der Waals surface area contributed by atoms with E-state index in [-0.39, 0.29) is 0 Å². The minimum Gasteiger partial charge on any atom is -0.496 e. The fourth-order valence-corrected chi connectivity index (χ4v) is 2.77. The summed E-state index contributed by atoms with van der Waals surface area (Å²) in [7, 11) is 1.67. The number of hydrogen-bond acceptors (Lipinski definition) is 4. The van der Waals surface area contributed by atoms with Crippen LogP contribution in [0.2, 0.25) is 0 Å². The molecule has 4 heteroatoms. The average Bonchev–Trinajstić information content (AvgIpc) is 2.70. The van der Waals surface area contributed by atoms with Crippen LogP contribution in [0.5, 0.6) is 11.5 Å². The second-order valence-electron chi connectivity index (χ2n) is 5.70. The molecule has 0 aromatic heterocycles. The van der Waals surface area contributed by atoms with Crippen LogP contribution in [0.4, 0.5) is 0 Å². The summed E-state index contributed by atoms with van der Waals surface area (Å²) in [5, 5.41) is 6.63. The average molecular weight is 346 g/mol. The third-order valence-corrected chi connectivity index (χ3v) is 4.03. The maximum absolute atomic E-state index is 5.79. The van der Waals surface area contributed by atoms with E-state index in [4.69, 9.17) is 9.47 Å². The number of para-hydroxylation sites is 1. The summed E-state index contributed by atoms with van der Waals surface area (Å²) in [5.74, 6) is 1.63. The number of ether oxygens (including phenoxy) is 2.